The minimum atomic E-state index is -0.223. The van der Waals surface area contributed by atoms with Crippen LogP contribution in [0.4, 0.5) is 4.39 Å². The molecule has 0 aliphatic heterocycles. The molecule has 0 fully saturated rings. The Morgan fingerprint density at radius 1 is 0.970 bits per heavy atom. The Morgan fingerprint density at radius 2 is 1.85 bits per heavy atom. The molecule has 0 bridgehead atoms. The first-order valence-corrected chi connectivity index (χ1v) is 13.1. The van der Waals surface area contributed by atoms with Crippen LogP contribution >= 0.6 is 0 Å². The van der Waals surface area contributed by atoms with E-state index in [1.807, 2.05) is 24.7 Å². The molecular weight excluding hydrogens is 608 g/mol. The summed E-state index contributed by atoms with van der Waals surface area (Å²) in [4.78, 5) is 7.61. The van der Waals surface area contributed by atoms with Crippen molar-refractivity contribution in [2.45, 2.75) is 38.6 Å². The third kappa shape index (κ3) is 5.07. The van der Waals surface area contributed by atoms with E-state index in [1.54, 1.807) is 12.1 Å². The summed E-state index contributed by atoms with van der Waals surface area (Å²) in [5.41, 5.74) is 4.62. The molecule has 2 aromatic carbocycles. The second kappa shape index (κ2) is 9.98. The van der Waals surface area contributed by atoms with Gasteiger partial charge in [0.2, 0.25) is 0 Å². The van der Waals surface area contributed by atoms with E-state index in [0.29, 0.717) is 6.42 Å². The number of aromatic amines is 1. The van der Waals surface area contributed by atoms with Gasteiger partial charge in [-0.05, 0) is 6.07 Å². The Kier molecular flexibility index (Phi) is 6.66. The molecule has 33 heavy (non-hydrogen) atoms. The minimum absolute atomic E-state index is 0.223. The monoisotopic (exact) mass is 632 g/mol. The zero-order valence-corrected chi connectivity index (χ0v) is 22.8. The first-order chi connectivity index (χ1) is 16.2. The maximum absolute atomic E-state index is 13.7. The zero-order valence-electron chi connectivity index (χ0n) is 18.3. The number of imidazole rings is 1. The predicted molar refractivity (Wildman–Crippen MR) is 127 cm³/mol. The van der Waals surface area contributed by atoms with Gasteiger partial charge in [-0.1, -0.05) is 12.1 Å². The predicted octanol–water partition coefficient (Wildman–Crippen LogP) is 4.04. The van der Waals surface area contributed by atoms with Crippen LogP contribution in [0, 0.1) is 5.82 Å². The van der Waals surface area contributed by atoms with Crippen LogP contribution < -0.4 is 0 Å². The summed E-state index contributed by atoms with van der Waals surface area (Å²) in [5, 5.41) is 10.3. The van der Waals surface area contributed by atoms with Crippen LogP contribution in [-0.4, -0.2) is 53.2 Å². The van der Waals surface area contributed by atoms with Crippen LogP contribution in [0.2, 0.25) is 0 Å². The molecule has 3 heterocycles. The summed E-state index contributed by atoms with van der Waals surface area (Å²) >= 11 is 0.720. The summed E-state index contributed by atoms with van der Waals surface area (Å²) in [6.45, 7) is 0.830. The molecule has 0 radical (unpaired) electrons. The number of aromatic nitrogens is 6. The van der Waals surface area contributed by atoms with Gasteiger partial charge in [-0.15, -0.1) is 0 Å². The van der Waals surface area contributed by atoms with Crippen molar-refractivity contribution in [2.75, 3.05) is 0 Å². The number of benzene rings is 2. The number of H-pyrrole nitrogens is 1. The van der Waals surface area contributed by atoms with Crippen molar-refractivity contribution in [1.82, 2.24) is 27.1 Å². The summed E-state index contributed by atoms with van der Waals surface area (Å²) in [6.07, 6.45) is 10.2. The number of aryl methyl sites for hydroxylation is 3. The van der Waals surface area contributed by atoms with E-state index in [4.69, 9.17) is 0 Å². The molecule has 0 aliphatic carbocycles. The van der Waals surface area contributed by atoms with E-state index in [0.717, 1.165) is 81.0 Å². The molecule has 0 saturated carbocycles. The molecule has 5 aromatic rings. The molecule has 5 rings (SSSR count). The van der Waals surface area contributed by atoms with Gasteiger partial charge in [0.25, 0.3) is 0 Å². The molecule has 0 saturated heterocycles. The third-order valence-electron chi connectivity index (χ3n) is 6.01. The van der Waals surface area contributed by atoms with Gasteiger partial charge in [0.05, 0.1) is 0 Å². The van der Waals surface area contributed by atoms with E-state index in [1.165, 1.54) is 22.7 Å². The Bertz CT molecular complexity index is 1370. The molecule has 3 aromatic heterocycles. The van der Waals surface area contributed by atoms with Crippen molar-refractivity contribution >= 4 is 37.0 Å². The standard InChI is InChI=1S/C25H24FN6.Tl/c26-20-6-3-5-18(13-20)14-25-31-30-24(32(25)12-4-7-21-16-27-17-29-21)11-10-19-15-28-23-9-2-1-8-22(19)23;/h1-3,5-6,8-9,13,15-17,28H,4,7,10-12,14H2;/q-1;+1. The molecule has 0 amide bonds. The fraction of sp³-hybridized carbons (Fsp3) is 0.240. The van der Waals surface area contributed by atoms with Gasteiger partial charge in [-0.25, -0.2) is 0 Å². The third-order valence-corrected chi connectivity index (χ3v) is 7.82. The number of hydrogen-bond donors (Lipinski definition) is 1. The van der Waals surface area contributed by atoms with Crippen molar-refractivity contribution in [1.29, 1.82) is 0 Å². The summed E-state index contributed by atoms with van der Waals surface area (Å²) in [5.74, 6) is 1.64. The first kappa shape index (κ1) is 22.0. The van der Waals surface area contributed by atoms with Crippen LogP contribution in [0.5, 0.6) is 0 Å². The fourth-order valence-corrected chi connectivity index (χ4v) is 5.36. The van der Waals surface area contributed by atoms with Crippen molar-refractivity contribution in [3.8, 4) is 0 Å². The second-order valence-corrected chi connectivity index (χ2v) is 10.4. The van der Waals surface area contributed by atoms with Gasteiger partial charge in [0, 0.05) is 0 Å². The average Bonchev–Trinajstić information content (AvgIpc) is 3.52. The summed E-state index contributed by atoms with van der Waals surface area (Å²) < 4.78 is 18.2. The number of hydrogen-bond acceptors (Lipinski definition) is 3. The van der Waals surface area contributed by atoms with Crippen LogP contribution in [0.15, 0.2) is 67.3 Å². The fourth-order valence-electron chi connectivity index (χ4n) is 4.30. The number of halogens is 1. The van der Waals surface area contributed by atoms with Crippen LogP contribution in [-0.2, 0) is 32.2 Å². The number of nitrogens with one attached hydrogen (secondary N) is 1. The van der Waals surface area contributed by atoms with Crippen molar-refractivity contribution in [3.63, 3.8) is 0 Å². The van der Waals surface area contributed by atoms with E-state index >= 15 is 0 Å². The number of fused-ring (bicyclic) bond motifs is 1. The molecule has 0 spiro atoms. The van der Waals surface area contributed by atoms with Crippen LogP contribution in [0.1, 0.15) is 34.9 Å². The topological polar surface area (TPSA) is 64.3 Å². The van der Waals surface area contributed by atoms with Gasteiger partial charge in [-0.3, -0.25) is 0 Å². The van der Waals surface area contributed by atoms with Crippen molar-refractivity contribution in [2.24, 2.45) is 0 Å². The Morgan fingerprint density at radius 3 is 2.70 bits per heavy atom. The van der Waals surface area contributed by atoms with Gasteiger partial charge >= 0.3 is 190 Å². The zero-order chi connectivity index (χ0) is 22.6. The van der Waals surface area contributed by atoms with Crippen molar-refractivity contribution in [3.05, 3.63) is 102 Å². The van der Waals surface area contributed by atoms with E-state index in [2.05, 4.69) is 51.5 Å². The molecule has 6 nitrogen and oxygen atoms in total. The molecule has 0 unspecified atom stereocenters. The van der Waals surface area contributed by atoms with Gasteiger partial charge in [-0.2, -0.15) is 0 Å². The molecular formula is C25H24FN6Tl. The quantitative estimate of drug-likeness (QED) is 0.250. The maximum atomic E-state index is 13.7. The van der Waals surface area contributed by atoms with E-state index in [-0.39, 0.29) is 5.82 Å². The number of rotatable bonds is 9. The average molecular weight is 632 g/mol. The molecule has 0 atom stereocenters. The van der Waals surface area contributed by atoms with Gasteiger partial charge in [0.15, 0.2) is 0 Å². The SMILES string of the molecule is Fc1cccc(Cc2nnc(CCc3c[nH]c4ccccc34)n2CCCc2cnc[n]2[Tl])c1. The van der Waals surface area contributed by atoms with E-state index < -0.39 is 0 Å². The summed E-state index contributed by atoms with van der Waals surface area (Å²) in [6, 6.07) is 15.1. The Labute approximate surface area is 208 Å². The Hall–Kier alpha value is -2.82. The molecule has 1 N–H and O–H groups in total. The van der Waals surface area contributed by atoms with Crippen LogP contribution in [0.3, 0.4) is 0 Å². The van der Waals surface area contributed by atoms with Gasteiger partial charge < -0.3 is 0 Å². The van der Waals surface area contributed by atoms with Gasteiger partial charge in [0.1, 0.15) is 0 Å². The normalized spacial score (nSPS) is 11.4. The van der Waals surface area contributed by atoms with Crippen molar-refractivity contribution < 1.29 is 4.39 Å². The molecule has 164 valence electrons. The first-order valence-electron chi connectivity index (χ1n) is 11.1. The van der Waals surface area contributed by atoms with Crippen LogP contribution in [0.25, 0.3) is 10.9 Å². The number of para-hydroxylation sites is 1. The van der Waals surface area contributed by atoms with E-state index in [9.17, 15) is 4.39 Å². The summed E-state index contributed by atoms with van der Waals surface area (Å²) in [7, 11) is 0. The molecule has 8 heteroatoms. The Balaban J connectivity index is 1.36. The molecule has 0 aliphatic rings. The second-order valence-electron chi connectivity index (χ2n) is 8.25. The number of nitrogens with zero attached hydrogens (tertiary/aromatic N) is 5.